The lowest BCUT2D eigenvalue weighted by atomic mass is 9.49. The SMILES string of the molecule is CC(OCCOc1ccccc1)OC1C2CC3CC1CC(COC(=O)C(C)(F)F)(C3)C2. The molecule has 4 saturated carbocycles. The molecule has 5 nitrogen and oxygen atoms in total. The molecule has 0 amide bonds. The number of carbonyl (C=O) groups is 1. The van der Waals surface area contributed by atoms with Gasteiger partial charge in [-0.1, -0.05) is 18.2 Å². The van der Waals surface area contributed by atoms with Crippen LogP contribution in [0.3, 0.4) is 0 Å². The van der Waals surface area contributed by atoms with Crippen LogP contribution in [0.5, 0.6) is 5.75 Å². The van der Waals surface area contributed by atoms with Crippen molar-refractivity contribution in [1.29, 1.82) is 0 Å². The Bertz CT molecular complexity index is 734. The van der Waals surface area contributed by atoms with Crippen LogP contribution >= 0.6 is 0 Å². The lowest BCUT2D eigenvalue weighted by Gasteiger charge is -2.59. The van der Waals surface area contributed by atoms with Crippen molar-refractivity contribution in [1.82, 2.24) is 0 Å². The molecule has 0 spiro atoms. The first-order chi connectivity index (χ1) is 14.7. The van der Waals surface area contributed by atoms with Crippen LogP contribution in [0.25, 0.3) is 0 Å². The quantitative estimate of drug-likeness (QED) is 0.297. The Kier molecular flexibility index (Phi) is 6.54. The summed E-state index contributed by atoms with van der Waals surface area (Å²) in [4.78, 5) is 11.6. The molecule has 1 aromatic carbocycles. The summed E-state index contributed by atoms with van der Waals surface area (Å²) in [5, 5.41) is 0. The van der Waals surface area contributed by atoms with E-state index in [1.54, 1.807) is 0 Å². The molecule has 0 radical (unpaired) electrons. The summed E-state index contributed by atoms with van der Waals surface area (Å²) in [7, 11) is 0. The van der Waals surface area contributed by atoms with Crippen molar-refractivity contribution in [3.8, 4) is 5.75 Å². The molecule has 172 valence electrons. The highest BCUT2D eigenvalue weighted by atomic mass is 19.3. The minimum Gasteiger partial charge on any atom is -0.491 e. The lowest BCUT2D eigenvalue weighted by molar-refractivity contribution is -0.238. The van der Waals surface area contributed by atoms with Gasteiger partial charge in [-0.05, 0) is 68.9 Å². The van der Waals surface area contributed by atoms with E-state index in [9.17, 15) is 13.6 Å². The van der Waals surface area contributed by atoms with Gasteiger partial charge in [0.2, 0.25) is 0 Å². The highest BCUT2D eigenvalue weighted by molar-refractivity contribution is 5.76. The molecule has 4 aliphatic rings. The number of halogens is 2. The molecular formula is C24H32F2O5. The highest BCUT2D eigenvalue weighted by Gasteiger charge is 2.56. The minimum absolute atomic E-state index is 0.0916. The number of hydrogen-bond acceptors (Lipinski definition) is 5. The maximum Gasteiger partial charge on any atom is 0.376 e. The monoisotopic (exact) mass is 438 g/mol. The number of alkyl halides is 2. The van der Waals surface area contributed by atoms with Crippen molar-refractivity contribution in [3.63, 3.8) is 0 Å². The lowest BCUT2D eigenvalue weighted by Crippen LogP contribution is -2.56. The van der Waals surface area contributed by atoms with Crippen LogP contribution in [0.15, 0.2) is 30.3 Å². The molecule has 4 bridgehead atoms. The van der Waals surface area contributed by atoms with Crippen LogP contribution in [-0.4, -0.2) is 44.1 Å². The summed E-state index contributed by atoms with van der Waals surface area (Å²) in [6.07, 6.45) is 4.62. The number of esters is 1. The zero-order valence-corrected chi connectivity index (χ0v) is 18.2. The summed E-state index contributed by atoms with van der Waals surface area (Å²) in [6, 6.07) is 9.61. The van der Waals surface area contributed by atoms with E-state index >= 15 is 0 Å². The van der Waals surface area contributed by atoms with Crippen LogP contribution in [0.1, 0.15) is 46.0 Å². The number of benzene rings is 1. The summed E-state index contributed by atoms with van der Waals surface area (Å²) >= 11 is 0. The van der Waals surface area contributed by atoms with E-state index in [-0.39, 0.29) is 24.4 Å². The average molecular weight is 439 g/mol. The average Bonchev–Trinajstić information content (AvgIpc) is 2.72. The Morgan fingerprint density at radius 3 is 2.45 bits per heavy atom. The van der Waals surface area contributed by atoms with E-state index in [2.05, 4.69) is 0 Å². The first-order valence-electron chi connectivity index (χ1n) is 11.2. The zero-order chi connectivity index (χ0) is 22.1. The second-order valence-electron chi connectivity index (χ2n) is 9.64. The van der Waals surface area contributed by atoms with Gasteiger partial charge in [0.25, 0.3) is 0 Å². The Morgan fingerprint density at radius 2 is 1.81 bits per heavy atom. The second kappa shape index (κ2) is 9.02. The molecule has 4 aliphatic carbocycles. The first kappa shape index (κ1) is 22.5. The van der Waals surface area contributed by atoms with Gasteiger partial charge < -0.3 is 18.9 Å². The number of para-hydroxylation sites is 1. The molecule has 0 saturated heterocycles. The fraction of sp³-hybridized carbons (Fsp3) is 0.708. The Morgan fingerprint density at radius 1 is 1.13 bits per heavy atom. The predicted octanol–water partition coefficient (Wildman–Crippen LogP) is 4.84. The van der Waals surface area contributed by atoms with Gasteiger partial charge in [0.1, 0.15) is 12.4 Å². The molecule has 0 heterocycles. The number of rotatable bonds is 10. The van der Waals surface area contributed by atoms with Crippen molar-refractivity contribution in [2.75, 3.05) is 19.8 Å². The Labute approximate surface area is 182 Å². The Balaban J connectivity index is 1.24. The molecule has 31 heavy (non-hydrogen) atoms. The third-order valence-electron chi connectivity index (χ3n) is 6.98. The van der Waals surface area contributed by atoms with E-state index in [1.807, 2.05) is 37.3 Å². The summed E-state index contributed by atoms with van der Waals surface area (Å²) < 4.78 is 49.2. The number of carbonyl (C=O) groups excluding carboxylic acids is 1. The van der Waals surface area contributed by atoms with Gasteiger partial charge in [-0.2, -0.15) is 8.78 Å². The van der Waals surface area contributed by atoms with Gasteiger partial charge in [0.05, 0.1) is 19.3 Å². The predicted molar refractivity (Wildman–Crippen MR) is 110 cm³/mol. The molecule has 5 rings (SSSR count). The smallest absolute Gasteiger partial charge is 0.376 e. The number of hydrogen-bond donors (Lipinski definition) is 0. The molecule has 3 unspecified atom stereocenters. The van der Waals surface area contributed by atoms with Gasteiger partial charge in [-0.3, -0.25) is 0 Å². The third-order valence-corrected chi connectivity index (χ3v) is 6.98. The molecule has 0 aromatic heterocycles. The van der Waals surface area contributed by atoms with Gasteiger partial charge in [-0.25, -0.2) is 4.79 Å². The van der Waals surface area contributed by atoms with E-state index < -0.39 is 11.9 Å². The van der Waals surface area contributed by atoms with Gasteiger partial charge in [-0.15, -0.1) is 0 Å². The summed E-state index contributed by atoms with van der Waals surface area (Å²) in [5.74, 6) is -2.76. The Hall–Kier alpha value is -1.73. The summed E-state index contributed by atoms with van der Waals surface area (Å²) in [6.45, 7) is 3.48. The molecule has 3 atom stereocenters. The first-order valence-corrected chi connectivity index (χ1v) is 11.2. The van der Waals surface area contributed by atoms with Crippen LogP contribution in [0, 0.1) is 23.2 Å². The molecule has 0 N–H and O–H groups in total. The van der Waals surface area contributed by atoms with Gasteiger partial charge >= 0.3 is 11.9 Å². The molecule has 1 aromatic rings. The largest absolute Gasteiger partial charge is 0.491 e. The van der Waals surface area contributed by atoms with Crippen LogP contribution in [0.4, 0.5) is 8.78 Å². The minimum atomic E-state index is -3.44. The standard InChI is InChI=1S/C24H32F2O5/c1-16(28-8-9-29-20-6-4-3-5-7-20)31-21-18-10-17-11-19(21)14-24(12-17,13-18)15-30-22(27)23(2,25)26/h3-7,16-19,21H,8-15H2,1-2H3. The summed E-state index contributed by atoms with van der Waals surface area (Å²) in [5.41, 5.74) is -0.176. The number of ether oxygens (including phenoxy) is 4. The fourth-order valence-corrected chi connectivity index (χ4v) is 6.04. The zero-order valence-electron chi connectivity index (χ0n) is 18.2. The van der Waals surface area contributed by atoms with Crippen molar-refractivity contribution in [2.24, 2.45) is 23.2 Å². The molecule has 0 aliphatic heterocycles. The normalized spacial score (nSPS) is 32.6. The van der Waals surface area contributed by atoms with Crippen molar-refractivity contribution < 1.29 is 32.5 Å². The van der Waals surface area contributed by atoms with Crippen LogP contribution in [-0.2, 0) is 19.0 Å². The van der Waals surface area contributed by atoms with Crippen LogP contribution < -0.4 is 4.74 Å². The van der Waals surface area contributed by atoms with Gasteiger partial charge in [0, 0.05) is 12.3 Å². The molecular weight excluding hydrogens is 406 g/mol. The van der Waals surface area contributed by atoms with Crippen molar-refractivity contribution in [3.05, 3.63) is 30.3 Å². The molecule has 4 fully saturated rings. The van der Waals surface area contributed by atoms with Crippen LogP contribution in [0.2, 0.25) is 0 Å². The van der Waals surface area contributed by atoms with Gasteiger partial charge in [0.15, 0.2) is 6.29 Å². The topological polar surface area (TPSA) is 54.0 Å². The van der Waals surface area contributed by atoms with E-state index in [0.29, 0.717) is 37.9 Å². The highest BCUT2D eigenvalue weighted by Crippen LogP contribution is 2.61. The maximum atomic E-state index is 13.2. The fourth-order valence-electron chi connectivity index (χ4n) is 6.04. The van der Waals surface area contributed by atoms with Crippen molar-refractivity contribution in [2.45, 2.75) is 64.3 Å². The van der Waals surface area contributed by atoms with E-state index in [4.69, 9.17) is 18.9 Å². The van der Waals surface area contributed by atoms with Crippen molar-refractivity contribution >= 4 is 5.97 Å². The maximum absolute atomic E-state index is 13.2. The third kappa shape index (κ3) is 5.37. The molecule has 7 heteroatoms. The second-order valence-corrected chi connectivity index (χ2v) is 9.64. The van der Waals surface area contributed by atoms with E-state index in [1.165, 1.54) is 0 Å². The van der Waals surface area contributed by atoms with E-state index in [0.717, 1.165) is 37.9 Å².